The van der Waals surface area contributed by atoms with Crippen LogP contribution in [0.15, 0.2) is 42.5 Å². The standard InChI is InChI=1S/C21H19F3N4O4/c22-21(23,24)15-4-1-3-14(11-15)12-25-7-9-26(10-8-25)13-27-19(29)16-5-2-6-17(28(31)32)18(16)20(27)30/h1-6,11H,7-10,12-13H2. The molecule has 0 N–H and O–H groups in total. The molecule has 2 amide bonds. The lowest BCUT2D eigenvalue weighted by Crippen LogP contribution is -2.50. The molecule has 0 unspecified atom stereocenters. The third kappa shape index (κ3) is 4.21. The first-order valence-corrected chi connectivity index (χ1v) is 9.89. The molecular formula is C21H19F3N4O4. The Morgan fingerprint density at radius 3 is 2.25 bits per heavy atom. The van der Waals surface area contributed by atoms with E-state index in [0.717, 1.165) is 17.0 Å². The van der Waals surface area contributed by atoms with Crippen molar-refractivity contribution in [3.63, 3.8) is 0 Å². The first-order chi connectivity index (χ1) is 15.1. The van der Waals surface area contributed by atoms with Gasteiger partial charge < -0.3 is 0 Å². The average Bonchev–Trinajstić information content (AvgIpc) is 2.99. The number of piperazine rings is 1. The van der Waals surface area contributed by atoms with Crippen molar-refractivity contribution in [3.8, 4) is 0 Å². The van der Waals surface area contributed by atoms with E-state index in [1.807, 2.05) is 9.80 Å². The molecule has 8 nitrogen and oxygen atoms in total. The van der Waals surface area contributed by atoms with Gasteiger partial charge in [-0.25, -0.2) is 0 Å². The molecule has 0 spiro atoms. The number of nitro groups is 1. The molecule has 0 saturated carbocycles. The summed E-state index contributed by atoms with van der Waals surface area (Å²) in [7, 11) is 0. The number of halogens is 3. The highest BCUT2D eigenvalue weighted by atomic mass is 19.4. The Bertz CT molecular complexity index is 1080. The summed E-state index contributed by atoms with van der Waals surface area (Å²) in [5.74, 6) is -1.26. The van der Waals surface area contributed by atoms with Gasteiger partial charge in [0.25, 0.3) is 17.5 Å². The van der Waals surface area contributed by atoms with Crippen LogP contribution in [0, 0.1) is 10.1 Å². The van der Waals surface area contributed by atoms with E-state index in [-0.39, 0.29) is 17.8 Å². The molecule has 2 aliphatic rings. The molecule has 168 valence electrons. The van der Waals surface area contributed by atoms with Crippen LogP contribution >= 0.6 is 0 Å². The Hall–Kier alpha value is -3.31. The van der Waals surface area contributed by atoms with Crippen molar-refractivity contribution < 1.29 is 27.7 Å². The van der Waals surface area contributed by atoms with E-state index in [1.165, 1.54) is 24.3 Å². The number of hydrogen-bond donors (Lipinski definition) is 0. The fraction of sp³-hybridized carbons (Fsp3) is 0.333. The zero-order chi connectivity index (χ0) is 23.0. The van der Waals surface area contributed by atoms with Gasteiger partial charge in [0.2, 0.25) is 0 Å². The van der Waals surface area contributed by atoms with Crippen molar-refractivity contribution in [2.45, 2.75) is 12.7 Å². The van der Waals surface area contributed by atoms with E-state index in [1.54, 1.807) is 6.07 Å². The molecular weight excluding hydrogens is 429 g/mol. The van der Waals surface area contributed by atoms with Crippen LogP contribution in [-0.4, -0.2) is 64.3 Å². The lowest BCUT2D eigenvalue weighted by atomic mass is 10.1. The Kier molecular flexibility index (Phi) is 5.70. The first-order valence-electron chi connectivity index (χ1n) is 9.89. The van der Waals surface area contributed by atoms with E-state index in [2.05, 4.69) is 0 Å². The highest BCUT2D eigenvalue weighted by Gasteiger charge is 2.41. The van der Waals surface area contributed by atoms with Crippen molar-refractivity contribution in [1.82, 2.24) is 14.7 Å². The number of nitrogens with zero attached hydrogens (tertiary/aromatic N) is 4. The van der Waals surface area contributed by atoms with Gasteiger partial charge >= 0.3 is 6.18 Å². The lowest BCUT2D eigenvalue weighted by Gasteiger charge is -2.36. The Balaban J connectivity index is 1.37. The Labute approximate surface area is 181 Å². The highest BCUT2D eigenvalue weighted by molar-refractivity contribution is 6.23. The smallest absolute Gasteiger partial charge is 0.297 e. The number of hydrogen-bond acceptors (Lipinski definition) is 6. The maximum atomic E-state index is 12.9. The summed E-state index contributed by atoms with van der Waals surface area (Å²) in [6, 6.07) is 9.17. The predicted octanol–water partition coefficient (Wildman–Crippen LogP) is 2.98. The van der Waals surface area contributed by atoms with Gasteiger partial charge in [-0.15, -0.1) is 0 Å². The van der Waals surface area contributed by atoms with Crippen molar-refractivity contribution in [2.75, 3.05) is 32.8 Å². The van der Waals surface area contributed by atoms with Crippen molar-refractivity contribution in [2.24, 2.45) is 0 Å². The molecule has 0 radical (unpaired) electrons. The maximum absolute atomic E-state index is 12.9. The molecule has 4 rings (SSSR count). The number of amides is 2. The zero-order valence-electron chi connectivity index (χ0n) is 16.8. The second-order valence-corrected chi connectivity index (χ2v) is 7.73. The minimum Gasteiger partial charge on any atom is -0.297 e. The summed E-state index contributed by atoms with van der Waals surface area (Å²) in [6.45, 7) is 2.43. The predicted molar refractivity (Wildman–Crippen MR) is 107 cm³/mol. The van der Waals surface area contributed by atoms with Gasteiger partial charge in [-0.2, -0.15) is 13.2 Å². The van der Waals surface area contributed by atoms with E-state index < -0.39 is 34.2 Å². The monoisotopic (exact) mass is 448 g/mol. The highest BCUT2D eigenvalue weighted by Crippen LogP contribution is 2.31. The van der Waals surface area contributed by atoms with Gasteiger partial charge in [-0.05, 0) is 17.7 Å². The van der Waals surface area contributed by atoms with E-state index in [0.29, 0.717) is 38.3 Å². The molecule has 2 aliphatic heterocycles. The minimum atomic E-state index is -4.39. The van der Waals surface area contributed by atoms with Crippen LogP contribution in [0.2, 0.25) is 0 Å². The van der Waals surface area contributed by atoms with E-state index >= 15 is 0 Å². The average molecular weight is 448 g/mol. The molecule has 0 atom stereocenters. The lowest BCUT2D eigenvalue weighted by molar-refractivity contribution is -0.385. The number of benzene rings is 2. The zero-order valence-corrected chi connectivity index (χ0v) is 16.8. The molecule has 0 aliphatic carbocycles. The normalized spacial score (nSPS) is 17.7. The third-order valence-electron chi connectivity index (χ3n) is 5.64. The van der Waals surface area contributed by atoms with Crippen LogP contribution < -0.4 is 0 Å². The molecule has 32 heavy (non-hydrogen) atoms. The number of imide groups is 1. The summed E-state index contributed by atoms with van der Waals surface area (Å²) in [6.07, 6.45) is -4.39. The van der Waals surface area contributed by atoms with Crippen molar-refractivity contribution in [3.05, 3.63) is 74.8 Å². The van der Waals surface area contributed by atoms with Crippen molar-refractivity contribution >= 4 is 17.5 Å². The quantitative estimate of drug-likeness (QED) is 0.397. The van der Waals surface area contributed by atoms with Gasteiger partial charge in [0.1, 0.15) is 5.56 Å². The van der Waals surface area contributed by atoms with Gasteiger partial charge in [0.05, 0.1) is 22.7 Å². The van der Waals surface area contributed by atoms with Crippen LogP contribution in [0.3, 0.4) is 0 Å². The van der Waals surface area contributed by atoms with Crippen LogP contribution in [0.25, 0.3) is 0 Å². The van der Waals surface area contributed by atoms with E-state index in [4.69, 9.17) is 0 Å². The summed E-state index contributed by atoms with van der Waals surface area (Å²) >= 11 is 0. The topological polar surface area (TPSA) is 87.0 Å². The van der Waals surface area contributed by atoms with Gasteiger partial charge in [0, 0.05) is 38.8 Å². The number of nitro benzene ring substituents is 1. The van der Waals surface area contributed by atoms with Crippen LogP contribution in [0.5, 0.6) is 0 Å². The van der Waals surface area contributed by atoms with Gasteiger partial charge in [0.15, 0.2) is 0 Å². The molecule has 11 heteroatoms. The molecule has 1 fully saturated rings. The number of alkyl halides is 3. The van der Waals surface area contributed by atoms with Crippen LogP contribution in [0.4, 0.5) is 18.9 Å². The van der Waals surface area contributed by atoms with Crippen LogP contribution in [0.1, 0.15) is 31.8 Å². The number of rotatable bonds is 5. The summed E-state index contributed by atoms with van der Waals surface area (Å²) in [5, 5.41) is 11.2. The largest absolute Gasteiger partial charge is 0.416 e. The molecule has 1 saturated heterocycles. The summed E-state index contributed by atoms with van der Waals surface area (Å²) < 4.78 is 38.7. The van der Waals surface area contributed by atoms with E-state index in [9.17, 15) is 32.9 Å². The summed E-state index contributed by atoms with van der Waals surface area (Å²) in [5.41, 5.74) is -0.693. The number of carbonyl (C=O) groups is 2. The minimum absolute atomic E-state index is 0.000893. The Morgan fingerprint density at radius 2 is 1.59 bits per heavy atom. The molecule has 0 aromatic heterocycles. The second kappa shape index (κ2) is 8.32. The van der Waals surface area contributed by atoms with Crippen molar-refractivity contribution in [1.29, 1.82) is 0 Å². The fourth-order valence-electron chi connectivity index (χ4n) is 3.99. The first kappa shape index (κ1) is 21.9. The molecule has 2 heterocycles. The van der Waals surface area contributed by atoms with Crippen LogP contribution in [-0.2, 0) is 12.7 Å². The Morgan fingerprint density at radius 1 is 0.938 bits per heavy atom. The van der Waals surface area contributed by atoms with Gasteiger partial charge in [-0.3, -0.25) is 34.4 Å². The molecule has 0 bridgehead atoms. The third-order valence-corrected chi connectivity index (χ3v) is 5.64. The summed E-state index contributed by atoms with van der Waals surface area (Å²) in [4.78, 5) is 40.7. The maximum Gasteiger partial charge on any atom is 0.416 e. The number of fused-ring (bicyclic) bond motifs is 1. The molecule has 2 aromatic rings. The number of carbonyl (C=O) groups excluding carboxylic acids is 2. The SMILES string of the molecule is O=C1c2cccc([N+](=O)[O-])c2C(=O)N1CN1CCN(Cc2cccc(C(F)(F)F)c2)CC1. The fourth-order valence-corrected chi connectivity index (χ4v) is 3.99. The molecule has 2 aromatic carbocycles. The second-order valence-electron chi connectivity index (χ2n) is 7.73. The van der Waals surface area contributed by atoms with Gasteiger partial charge in [-0.1, -0.05) is 24.3 Å².